The Morgan fingerprint density at radius 2 is 1.74 bits per heavy atom. The van der Waals surface area contributed by atoms with E-state index in [9.17, 15) is 19.5 Å². The molecule has 9 heteroatoms. The Morgan fingerprint density at radius 1 is 1.11 bits per heavy atom. The lowest BCUT2D eigenvalue weighted by Gasteiger charge is -2.28. The number of Topliss-reactive ketones (excluding diaryl/α,β-unsaturated/α-hetero) is 1. The number of esters is 1. The summed E-state index contributed by atoms with van der Waals surface area (Å²) in [5.41, 5.74) is 2.08. The van der Waals surface area contributed by atoms with Gasteiger partial charge in [-0.15, -0.1) is 0 Å². The number of aliphatic hydroxyl groups excluding tert-OH is 1. The molecule has 1 amide bonds. The second kappa shape index (κ2) is 10.8. The van der Waals surface area contributed by atoms with Crippen molar-refractivity contribution in [1.29, 1.82) is 0 Å². The van der Waals surface area contributed by atoms with Crippen molar-refractivity contribution in [2.24, 2.45) is 0 Å². The first-order valence-electron chi connectivity index (χ1n) is 11.6. The van der Waals surface area contributed by atoms with E-state index in [0.29, 0.717) is 41.2 Å². The fourth-order valence-electron chi connectivity index (χ4n) is 4.58. The number of likely N-dealkylation sites (tertiary alicyclic amines) is 1. The molecule has 9 nitrogen and oxygen atoms in total. The zero-order valence-corrected chi connectivity index (χ0v) is 21.1. The van der Waals surface area contributed by atoms with Gasteiger partial charge in [0.2, 0.25) is 0 Å². The van der Waals surface area contributed by atoms with Crippen molar-refractivity contribution < 1.29 is 29.0 Å². The fraction of sp³-hybridized carbons (Fsp3) is 0.423. The predicted molar refractivity (Wildman–Crippen MR) is 131 cm³/mol. The highest BCUT2D eigenvalue weighted by Crippen LogP contribution is 2.41. The number of amides is 1. The van der Waals surface area contributed by atoms with Crippen molar-refractivity contribution in [3.8, 4) is 5.75 Å². The molecule has 1 aromatic carbocycles. The maximum Gasteiger partial charge on any atom is 0.354 e. The Hall–Kier alpha value is -3.59. The van der Waals surface area contributed by atoms with Crippen LogP contribution in [0.25, 0.3) is 5.76 Å². The van der Waals surface area contributed by atoms with E-state index in [1.165, 1.54) is 12.0 Å². The third kappa shape index (κ3) is 4.81. The molecule has 2 N–H and O–H groups in total. The zero-order valence-electron chi connectivity index (χ0n) is 21.1. The van der Waals surface area contributed by atoms with Crippen LogP contribution in [0.2, 0.25) is 0 Å². The van der Waals surface area contributed by atoms with Crippen molar-refractivity contribution >= 4 is 23.4 Å². The number of nitrogens with zero attached hydrogens (tertiary/aromatic N) is 2. The summed E-state index contributed by atoms with van der Waals surface area (Å²) < 4.78 is 10.1. The van der Waals surface area contributed by atoms with E-state index in [1.54, 1.807) is 45.2 Å². The van der Waals surface area contributed by atoms with E-state index in [0.717, 1.165) is 13.1 Å². The van der Waals surface area contributed by atoms with Crippen molar-refractivity contribution in [3.05, 3.63) is 57.9 Å². The molecule has 0 radical (unpaired) electrons. The van der Waals surface area contributed by atoms with E-state index in [4.69, 9.17) is 9.47 Å². The first-order valence-corrected chi connectivity index (χ1v) is 11.6. The monoisotopic (exact) mass is 483 g/mol. The topological polar surface area (TPSA) is 112 Å². The van der Waals surface area contributed by atoms with Gasteiger partial charge in [0.05, 0.1) is 25.8 Å². The highest BCUT2D eigenvalue weighted by molar-refractivity contribution is 6.46. The summed E-state index contributed by atoms with van der Waals surface area (Å²) in [7, 11) is 2.82. The van der Waals surface area contributed by atoms with Crippen molar-refractivity contribution in [3.63, 3.8) is 0 Å². The number of ketones is 1. The number of carbonyl (C=O) groups excluding carboxylic acids is 3. The molecule has 188 valence electrons. The summed E-state index contributed by atoms with van der Waals surface area (Å²) in [4.78, 5) is 45.2. The van der Waals surface area contributed by atoms with Gasteiger partial charge in [-0.1, -0.05) is 26.0 Å². The van der Waals surface area contributed by atoms with Gasteiger partial charge in [-0.25, -0.2) is 4.79 Å². The summed E-state index contributed by atoms with van der Waals surface area (Å²) in [5, 5.41) is 11.4. The highest BCUT2D eigenvalue weighted by atomic mass is 16.5. The average Bonchev–Trinajstić information content (AvgIpc) is 3.30. The SMILES string of the molecule is CCN(CC)CCN1C(=O)C(=O)/C(=C(\O)c2c(C)[nH]c(C(=O)OC)c2C)C1c1ccc(OC)cc1. The predicted octanol–water partition coefficient (Wildman–Crippen LogP) is 3.19. The molecule has 1 aromatic heterocycles. The summed E-state index contributed by atoms with van der Waals surface area (Å²) in [6.07, 6.45) is 0. The third-order valence-electron chi connectivity index (χ3n) is 6.59. The molecular formula is C26H33N3O6. The molecule has 3 rings (SSSR count). The standard InChI is InChI=1S/C26H33N3O6/c1-7-28(8-2)13-14-29-22(17-9-11-18(34-5)12-10-17)20(24(31)25(29)32)23(30)19-15(3)21(26(33)35-6)27-16(19)4/h9-12,22,27,30H,7-8,13-14H2,1-6H3/b23-20-. The first kappa shape index (κ1) is 26.0. The lowest BCUT2D eigenvalue weighted by atomic mass is 9.94. The van der Waals surface area contributed by atoms with Crippen LogP contribution in [0, 0.1) is 13.8 Å². The van der Waals surface area contributed by atoms with E-state index < -0.39 is 23.7 Å². The van der Waals surface area contributed by atoms with Crippen LogP contribution in [0.3, 0.4) is 0 Å². The minimum Gasteiger partial charge on any atom is -0.507 e. The van der Waals surface area contributed by atoms with Crippen LogP contribution < -0.4 is 4.74 Å². The maximum atomic E-state index is 13.3. The Bertz CT molecular complexity index is 1140. The number of likely N-dealkylation sites (N-methyl/N-ethyl adjacent to an activating group) is 1. The molecule has 0 bridgehead atoms. The Labute approximate surface area is 205 Å². The summed E-state index contributed by atoms with van der Waals surface area (Å²) in [6, 6.07) is 6.28. The summed E-state index contributed by atoms with van der Waals surface area (Å²) in [6.45, 7) is 9.94. The fourth-order valence-corrected chi connectivity index (χ4v) is 4.58. The minimum atomic E-state index is -0.785. The van der Waals surface area contributed by atoms with Crippen LogP contribution >= 0.6 is 0 Å². The third-order valence-corrected chi connectivity index (χ3v) is 6.59. The molecule has 1 unspecified atom stereocenters. The number of aryl methyl sites for hydroxylation is 1. The number of ether oxygens (including phenoxy) is 2. The maximum absolute atomic E-state index is 13.3. The summed E-state index contributed by atoms with van der Waals surface area (Å²) >= 11 is 0. The van der Waals surface area contributed by atoms with Crippen LogP contribution in [-0.4, -0.2) is 77.9 Å². The number of hydrogen-bond acceptors (Lipinski definition) is 7. The molecule has 2 aromatic rings. The number of aromatic nitrogens is 1. The van der Waals surface area contributed by atoms with Crippen molar-refractivity contribution in [2.75, 3.05) is 40.4 Å². The molecule has 1 fully saturated rings. The number of methoxy groups -OCH3 is 2. The molecule has 1 saturated heterocycles. The second-order valence-electron chi connectivity index (χ2n) is 8.41. The Balaban J connectivity index is 2.17. The number of aromatic amines is 1. The largest absolute Gasteiger partial charge is 0.507 e. The molecule has 1 aliphatic heterocycles. The van der Waals surface area contributed by atoms with Gasteiger partial charge in [-0.3, -0.25) is 9.59 Å². The molecule has 0 aliphatic carbocycles. The average molecular weight is 484 g/mol. The number of carbonyl (C=O) groups is 3. The van der Waals surface area contributed by atoms with Crippen LogP contribution in [0.4, 0.5) is 0 Å². The van der Waals surface area contributed by atoms with E-state index >= 15 is 0 Å². The van der Waals surface area contributed by atoms with Crippen LogP contribution in [0.15, 0.2) is 29.8 Å². The van der Waals surface area contributed by atoms with Crippen molar-refractivity contribution in [2.45, 2.75) is 33.7 Å². The zero-order chi connectivity index (χ0) is 25.9. The number of rotatable bonds is 9. The Kier molecular flexibility index (Phi) is 8.01. The van der Waals surface area contributed by atoms with E-state index in [-0.39, 0.29) is 17.0 Å². The smallest absolute Gasteiger partial charge is 0.354 e. The first-order chi connectivity index (χ1) is 16.7. The van der Waals surface area contributed by atoms with Crippen LogP contribution in [-0.2, 0) is 14.3 Å². The number of H-pyrrole nitrogens is 1. The van der Waals surface area contributed by atoms with Gasteiger partial charge in [0, 0.05) is 24.3 Å². The minimum absolute atomic E-state index is 0.0127. The highest BCUT2D eigenvalue weighted by Gasteiger charge is 2.46. The molecule has 0 spiro atoms. The number of benzene rings is 1. The lowest BCUT2D eigenvalue weighted by molar-refractivity contribution is -0.140. The lowest BCUT2D eigenvalue weighted by Crippen LogP contribution is -2.38. The molecule has 1 atom stereocenters. The second-order valence-corrected chi connectivity index (χ2v) is 8.41. The van der Waals surface area contributed by atoms with Gasteiger partial charge >= 0.3 is 5.97 Å². The van der Waals surface area contributed by atoms with Crippen LogP contribution in [0.5, 0.6) is 5.75 Å². The van der Waals surface area contributed by atoms with Crippen molar-refractivity contribution in [1.82, 2.24) is 14.8 Å². The number of hydrogen-bond donors (Lipinski definition) is 2. The van der Waals surface area contributed by atoms with Gasteiger partial charge in [0.1, 0.15) is 17.2 Å². The van der Waals surface area contributed by atoms with Gasteiger partial charge in [-0.2, -0.15) is 0 Å². The quantitative estimate of drug-likeness (QED) is 0.244. The van der Waals surface area contributed by atoms with E-state index in [2.05, 4.69) is 9.88 Å². The van der Waals surface area contributed by atoms with Gasteiger partial charge in [0.25, 0.3) is 11.7 Å². The molecule has 0 saturated carbocycles. The summed E-state index contributed by atoms with van der Waals surface area (Å²) in [5.74, 6) is -1.71. The normalized spacial score (nSPS) is 17.3. The number of aliphatic hydroxyl groups is 1. The molecule has 35 heavy (non-hydrogen) atoms. The van der Waals surface area contributed by atoms with Crippen LogP contribution in [0.1, 0.15) is 52.8 Å². The number of nitrogens with one attached hydrogen (secondary N) is 1. The van der Waals surface area contributed by atoms with Gasteiger partial charge in [-0.05, 0) is 50.2 Å². The molecule has 2 heterocycles. The van der Waals surface area contributed by atoms with Gasteiger partial charge in [0.15, 0.2) is 0 Å². The molecule has 1 aliphatic rings. The van der Waals surface area contributed by atoms with Gasteiger partial charge < -0.3 is 29.4 Å². The Morgan fingerprint density at radius 3 is 2.29 bits per heavy atom. The molecular weight excluding hydrogens is 450 g/mol. The van der Waals surface area contributed by atoms with E-state index in [1.807, 2.05) is 13.8 Å².